The summed E-state index contributed by atoms with van der Waals surface area (Å²) in [7, 11) is 0. The summed E-state index contributed by atoms with van der Waals surface area (Å²) in [6, 6.07) is 4.26. The first-order valence-corrected chi connectivity index (χ1v) is 8.05. The smallest absolute Gasteiger partial charge is 0.270 e. The van der Waals surface area contributed by atoms with Gasteiger partial charge in [-0.1, -0.05) is 13.3 Å². The molecule has 118 valence electrons. The Kier molecular flexibility index (Phi) is 6.26. The lowest BCUT2D eigenvalue weighted by Gasteiger charge is -2.28. The SMILES string of the molecule is CCCCN(CCO)C(=O)c1cccn1C1CCNCC1. The molecule has 0 bridgehead atoms. The summed E-state index contributed by atoms with van der Waals surface area (Å²) < 4.78 is 2.12. The third-order valence-electron chi connectivity index (χ3n) is 4.14. The number of amides is 1. The number of carbonyl (C=O) groups excluding carboxylic acids is 1. The van der Waals surface area contributed by atoms with Gasteiger partial charge in [-0.2, -0.15) is 0 Å². The van der Waals surface area contributed by atoms with Crippen LogP contribution in [0.4, 0.5) is 0 Å². The van der Waals surface area contributed by atoms with Crippen molar-refractivity contribution in [3.8, 4) is 0 Å². The standard InChI is InChI=1S/C16H27N3O2/c1-2-3-10-18(12-13-20)16(21)15-5-4-11-19(15)14-6-8-17-9-7-14/h4-5,11,14,17,20H,2-3,6-10,12-13H2,1H3. The predicted molar refractivity (Wildman–Crippen MR) is 83.5 cm³/mol. The number of hydrogen-bond donors (Lipinski definition) is 2. The second kappa shape index (κ2) is 8.20. The second-order valence-corrected chi connectivity index (χ2v) is 5.65. The molecular weight excluding hydrogens is 266 g/mol. The van der Waals surface area contributed by atoms with E-state index in [1.807, 2.05) is 18.3 Å². The zero-order valence-corrected chi connectivity index (χ0v) is 12.9. The Bertz CT molecular complexity index is 438. The molecule has 1 aliphatic heterocycles. The number of rotatable bonds is 7. The normalized spacial score (nSPS) is 16.1. The molecule has 1 aliphatic rings. The highest BCUT2D eigenvalue weighted by molar-refractivity contribution is 5.92. The molecule has 0 spiro atoms. The molecule has 1 aromatic rings. The number of unbranched alkanes of at least 4 members (excludes halogenated alkanes) is 1. The molecule has 2 rings (SSSR count). The number of carbonyl (C=O) groups is 1. The van der Waals surface area contributed by atoms with Gasteiger partial charge in [0.1, 0.15) is 5.69 Å². The van der Waals surface area contributed by atoms with E-state index in [1.165, 1.54) is 0 Å². The van der Waals surface area contributed by atoms with Crippen molar-refractivity contribution >= 4 is 5.91 Å². The Hall–Kier alpha value is -1.33. The minimum Gasteiger partial charge on any atom is -0.395 e. The van der Waals surface area contributed by atoms with Gasteiger partial charge in [-0.25, -0.2) is 0 Å². The number of aliphatic hydroxyl groups is 1. The largest absolute Gasteiger partial charge is 0.395 e. The quantitative estimate of drug-likeness (QED) is 0.803. The molecule has 1 amide bonds. The Labute approximate surface area is 126 Å². The molecule has 2 heterocycles. The van der Waals surface area contributed by atoms with Crippen molar-refractivity contribution in [2.45, 2.75) is 38.6 Å². The molecule has 0 aromatic carbocycles. The van der Waals surface area contributed by atoms with Crippen molar-refractivity contribution in [3.63, 3.8) is 0 Å². The van der Waals surface area contributed by atoms with Gasteiger partial charge >= 0.3 is 0 Å². The fourth-order valence-corrected chi connectivity index (χ4v) is 2.92. The average Bonchev–Trinajstić information content (AvgIpc) is 3.01. The van der Waals surface area contributed by atoms with E-state index in [-0.39, 0.29) is 12.5 Å². The van der Waals surface area contributed by atoms with Crippen molar-refractivity contribution in [1.29, 1.82) is 0 Å². The van der Waals surface area contributed by atoms with Crippen LogP contribution in [-0.4, -0.2) is 53.3 Å². The maximum Gasteiger partial charge on any atom is 0.270 e. The maximum absolute atomic E-state index is 12.7. The van der Waals surface area contributed by atoms with Crippen molar-refractivity contribution in [1.82, 2.24) is 14.8 Å². The van der Waals surface area contributed by atoms with Crippen LogP contribution in [0.3, 0.4) is 0 Å². The summed E-state index contributed by atoms with van der Waals surface area (Å²) in [4.78, 5) is 14.5. The van der Waals surface area contributed by atoms with Crippen LogP contribution in [0.1, 0.15) is 49.1 Å². The molecule has 21 heavy (non-hydrogen) atoms. The summed E-state index contributed by atoms with van der Waals surface area (Å²) in [6.07, 6.45) is 6.15. The van der Waals surface area contributed by atoms with Gasteiger partial charge in [-0.15, -0.1) is 0 Å². The third kappa shape index (κ3) is 4.08. The number of nitrogens with one attached hydrogen (secondary N) is 1. The zero-order chi connectivity index (χ0) is 15.1. The molecule has 0 radical (unpaired) electrons. The van der Waals surface area contributed by atoms with Gasteiger partial charge in [-0.05, 0) is 44.5 Å². The van der Waals surface area contributed by atoms with Gasteiger partial charge < -0.3 is 19.9 Å². The molecule has 0 atom stereocenters. The summed E-state index contributed by atoms with van der Waals surface area (Å²) >= 11 is 0. The predicted octanol–water partition coefficient (Wildman–Crippen LogP) is 1.65. The van der Waals surface area contributed by atoms with Crippen LogP contribution < -0.4 is 5.32 Å². The lowest BCUT2D eigenvalue weighted by molar-refractivity contribution is 0.0705. The monoisotopic (exact) mass is 293 g/mol. The van der Waals surface area contributed by atoms with Crippen LogP contribution in [0.5, 0.6) is 0 Å². The fraction of sp³-hybridized carbons (Fsp3) is 0.688. The third-order valence-corrected chi connectivity index (χ3v) is 4.14. The van der Waals surface area contributed by atoms with Crippen molar-refractivity contribution < 1.29 is 9.90 Å². The maximum atomic E-state index is 12.7. The molecule has 0 unspecified atom stereocenters. The first-order chi connectivity index (χ1) is 10.3. The zero-order valence-electron chi connectivity index (χ0n) is 12.9. The second-order valence-electron chi connectivity index (χ2n) is 5.65. The number of piperidine rings is 1. The number of aliphatic hydroxyl groups excluding tert-OH is 1. The highest BCUT2D eigenvalue weighted by Gasteiger charge is 2.23. The fourth-order valence-electron chi connectivity index (χ4n) is 2.92. The van der Waals surface area contributed by atoms with E-state index >= 15 is 0 Å². The summed E-state index contributed by atoms with van der Waals surface area (Å²) in [5.74, 6) is 0.0426. The van der Waals surface area contributed by atoms with Gasteiger partial charge in [0.2, 0.25) is 0 Å². The number of aromatic nitrogens is 1. The number of nitrogens with zero attached hydrogens (tertiary/aromatic N) is 2. The van der Waals surface area contributed by atoms with Gasteiger partial charge in [0, 0.05) is 25.3 Å². The molecule has 1 aromatic heterocycles. The van der Waals surface area contributed by atoms with Crippen LogP contribution in [0.15, 0.2) is 18.3 Å². The Morgan fingerprint density at radius 2 is 2.19 bits per heavy atom. The molecule has 0 saturated carbocycles. The van der Waals surface area contributed by atoms with E-state index in [2.05, 4.69) is 16.8 Å². The molecule has 0 aliphatic carbocycles. The van der Waals surface area contributed by atoms with E-state index in [1.54, 1.807) is 4.90 Å². The van der Waals surface area contributed by atoms with Crippen LogP contribution in [0.25, 0.3) is 0 Å². The van der Waals surface area contributed by atoms with E-state index < -0.39 is 0 Å². The summed E-state index contributed by atoms with van der Waals surface area (Å²) in [5, 5.41) is 12.5. The molecule has 5 heteroatoms. The minimum absolute atomic E-state index is 0.0174. The van der Waals surface area contributed by atoms with Gasteiger partial charge in [0.25, 0.3) is 5.91 Å². The minimum atomic E-state index is 0.0174. The van der Waals surface area contributed by atoms with Crippen LogP contribution >= 0.6 is 0 Å². The average molecular weight is 293 g/mol. The molecule has 1 saturated heterocycles. The van der Waals surface area contributed by atoms with Crippen molar-refractivity contribution in [2.75, 3.05) is 32.8 Å². The van der Waals surface area contributed by atoms with Crippen LogP contribution in [0.2, 0.25) is 0 Å². The molecular formula is C16H27N3O2. The van der Waals surface area contributed by atoms with Crippen LogP contribution in [-0.2, 0) is 0 Å². The Morgan fingerprint density at radius 1 is 1.43 bits per heavy atom. The van der Waals surface area contributed by atoms with Gasteiger partial charge in [-0.3, -0.25) is 4.79 Å². The first-order valence-electron chi connectivity index (χ1n) is 8.05. The first kappa shape index (κ1) is 16.0. The van der Waals surface area contributed by atoms with Gasteiger partial charge in [0.05, 0.1) is 6.61 Å². The van der Waals surface area contributed by atoms with Gasteiger partial charge in [0.15, 0.2) is 0 Å². The van der Waals surface area contributed by atoms with E-state index in [0.29, 0.717) is 19.1 Å². The Morgan fingerprint density at radius 3 is 2.86 bits per heavy atom. The highest BCUT2D eigenvalue weighted by Crippen LogP contribution is 2.22. The van der Waals surface area contributed by atoms with Crippen molar-refractivity contribution in [2.24, 2.45) is 0 Å². The molecule has 2 N–H and O–H groups in total. The summed E-state index contributed by atoms with van der Waals surface area (Å²) in [6.45, 7) is 5.27. The molecule has 1 fully saturated rings. The topological polar surface area (TPSA) is 57.5 Å². The van der Waals surface area contributed by atoms with E-state index in [0.717, 1.165) is 44.5 Å². The molecule has 5 nitrogen and oxygen atoms in total. The van der Waals surface area contributed by atoms with E-state index in [4.69, 9.17) is 0 Å². The Balaban J connectivity index is 2.11. The summed E-state index contributed by atoms with van der Waals surface area (Å²) in [5.41, 5.74) is 0.756. The lowest BCUT2D eigenvalue weighted by Crippen LogP contribution is -2.37. The van der Waals surface area contributed by atoms with Crippen molar-refractivity contribution in [3.05, 3.63) is 24.0 Å². The lowest BCUT2D eigenvalue weighted by atomic mass is 10.1. The number of hydrogen-bond acceptors (Lipinski definition) is 3. The highest BCUT2D eigenvalue weighted by atomic mass is 16.3. The van der Waals surface area contributed by atoms with E-state index in [9.17, 15) is 9.90 Å². The van der Waals surface area contributed by atoms with Crippen LogP contribution in [0, 0.1) is 0 Å².